The van der Waals surface area contributed by atoms with Crippen LogP contribution < -0.4 is 14.8 Å². The van der Waals surface area contributed by atoms with Crippen LogP contribution in [0.4, 0.5) is 5.00 Å². The van der Waals surface area contributed by atoms with E-state index in [1.54, 1.807) is 30.5 Å². The molecule has 1 aromatic heterocycles. The summed E-state index contributed by atoms with van der Waals surface area (Å²) >= 11 is 1.10. The summed E-state index contributed by atoms with van der Waals surface area (Å²) in [5, 5.41) is 4.40. The number of amides is 1. The Morgan fingerprint density at radius 1 is 1.20 bits per heavy atom. The molecule has 0 atom stereocenters. The maximum absolute atomic E-state index is 12.6. The topological polar surface area (TPSA) is 108 Å². The first-order chi connectivity index (χ1) is 14.3. The van der Waals surface area contributed by atoms with Crippen molar-refractivity contribution in [1.29, 1.82) is 0 Å². The predicted octanol–water partition coefficient (Wildman–Crippen LogP) is 3.15. The number of thiophene rings is 1. The smallest absolute Gasteiger partial charge is 0.341 e. The molecular formula is C20H23NO7S2. The van der Waals surface area contributed by atoms with Gasteiger partial charge in [-0.25, -0.2) is 13.2 Å². The van der Waals surface area contributed by atoms with Gasteiger partial charge in [-0.05, 0) is 24.6 Å². The van der Waals surface area contributed by atoms with Crippen molar-refractivity contribution in [2.45, 2.75) is 6.92 Å². The average molecular weight is 454 g/mol. The number of ether oxygens (including phenoxy) is 3. The lowest BCUT2D eigenvalue weighted by Gasteiger charge is -2.11. The number of esters is 1. The second-order valence-electron chi connectivity index (χ2n) is 6.04. The zero-order valence-corrected chi connectivity index (χ0v) is 18.5. The maximum Gasteiger partial charge on any atom is 0.341 e. The number of anilines is 1. The van der Waals surface area contributed by atoms with Crippen LogP contribution in [0.3, 0.4) is 0 Å². The molecule has 0 saturated carbocycles. The molecule has 0 aliphatic rings. The van der Waals surface area contributed by atoms with Crippen LogP contribution in [0.2, 0.25) is 0 Å². The Balaban J connectivity index is 2.44. The molecule has 0 fully saturated rings. The number of hydrogen-bond donors (Lipinski definition) is 1. The number of methoxy groups -OCH3 is 2. The molecule has 30 heavy (non-hydrogen) atoms. The molecule has 10 heteroatoms. The number of rotatable bonds is 10. The zero-order chi connectivity index (χ0) is 22.3. The summed E-state index contributed by atoms with van der Waals surface area (Å²) < 4.78 is 39.4. The van der Waals surface area contributed by atoms with Crippen LogP contribution in [0, 0.1) is 0 Å². The Kier molecular flexibility index (Phi) is 8.01. The number of nitrogens with one attached hydrogen (secondary N) is 1. The summed E-state index contributed by atoms with van der Waals surface area (Å²) in [6.07, 6.45) is 1.22. The van der Waals surface area contributed by atoms with Gasteiger partial charge in [0.25, 0.3) is 0 Å². The van der Waals surface area contributed by atoms with E-state index < -0.39 is 27.5 Å². The van der Waals surface area contributed by atoms with E-state index >= 15 is 0 Å². The highest BCUT2D eigenvalue weighted by Gasteiger charge is 2.25. The van der Waals surface area contributed by atoms with Crippen molar-refractivity contribution in [2.75, 3.05) is 37.6 Å². The van der Waals surface area contributed by atoms with Gasteiger partial charge in [0.15, 0.2) is 21.3 Å². The molecule has 2 aromatic rings. The monoisotopic (exact) mass is 453 g/mol. The highest BCUT2D eigenvalue weighted by atomic mass is 32.2. The molecule has 1 heterocycles. The Bertz CT molecular complexity index is 1040. The van der Waals surface area contributed by atoms with Gasteiger partial charge < -0.3 is 19.5 Å². The lowest BCUT2D eigenvalue weighted by Crippen LogP contribution is -2.24. The van der Waals surface area contributed by atoms with E-state index in [0.717, 1.165) is 11.3 Å². The number of carbonyl (C=O) groups excluding carboxylic acids is 2. The summed E-state index contributed by atoms with van der Waals surface area (Å²) in [4.78, 5) is 24.9. The van der Waals surface area contributed by atoms with E-state index in [-0.39, 0.29) is 22.9 Å². The van der Waals surface area contributed by atoms with E-state index in [4.69, 9.17) is 14.2 Å². The standard InChI is InChI=1S/C20H23NO7S2/c1-5-9-30(24,25)12-17(22)21-19-18(20(23)28-6-2)14(11-29-19)13-7-8-15(26-3)16(10-13)27-4/h5,7-8,10-11H,1,6,9,12H2,2-4H3,(H,21,22). The van der Waals surface area contributed by atoms with E-state index in [0.29, 0.717) is 22.6 Å². The van der Waals surface area contributed by atoms with Gasteiger partial charge in [0.1, 0.15) is 16.3 Å². The number of benzene rings is 1. The van der Waals surface area contributed by atoms with Crippen LogP contribution in [0.25, 0.3) is 11.1 Å². The molecule has 1 aromatic carbocycles. The summed E-state index contributed by atoms with van der Waals surface area (Å²) in [7, 11) is -0.617. The van der Waals surface area contributed by atoms with Crippen molar-refractivity contribution in [3.8, 4) is 22.6 Å². The van der Waals surface area contributed by atoms with Gasteiger partial charge in [0.05, 0.1) is 26.6 Å². The van der Waals surface area contributed by atoms with Crippen molar-refractivity contribution in [1.82, 2.24) is 0 Å². The predicted molar refractivity (Wildman–Crippen MR) is 116 cm³/mol. The molecule has 0 aliphatic carbocycles. The minimum Gasteiger partial charge on any atom is -0.493 e. The lowest BCUT2D eigenvalue weighted by atomic mass is 10.0. The molecule has 162 valence electrons. The molecule has 0 radical (unpaired) electrons. The molecule has 0 saturated heterocycles. The van der Waals surface area contributed by atoms with Crippen LogP contribution in [0.15, 0.2) is 36.2 Å². The van der Waals surface area contributed by atoms with Crippen molar-refractivity contribution >= 4 is 38.1 Å². The first-order valence-corrected chi connectivity index (χ1v) is 11.6. The summed E-state index contributed by atoms with van der Waals surface area (Å²) in [5.74, 6) is -1.42. The molecule has 2 rings (SSSR count). The molecule has 1 amide bonds. The largest absolute Gasteiger partial charge is 0.493 e. The fourth-order valence-electron chi connectivity index (χ4n) is 2.67. The van der Waals surface area contributed by atoms with Crippen molar-refractivity contribution < 1.29 is 32.2 Å². The summed E-state index contributed by atoms with van der Waals surface area (Å²) in [6, 6.07) is 5.14. The van der Waals surface area contributed by atoms with Gasteiger partial charge in [-0.2, -0.15) is 0 Å². The normalized spacial score (nSPS) is 10.9. The van der Waals surface area contributed by atoms with Gasteiger partial charge in [-0.15, -0.1) is 17.9 Å². The molecule has 0 bridgehead atoms. The van der Waals surface area contributed by atoms with Crippen LogP contribution in [0.1, 0.15) is 17.3 Å². The maximum atomic E-state index is 12.6. The van der Waals surface area contributed by atoms with Gasteiger partial charge in [0.2, 0.25) is 5.91 Å². The first-order valence-electron chi connectivity index (χ1n) is 8.88. The van der Waals surface area contributed by atoms with Crippen molar-refractivity contribution in [3.05, 3.63) is 41.8 Å². The quantitative estimate of drug-likeness (QED) is 0.435. The second kappa shape index (κ2) is 10.3. The van der Waals surface area contributed by atoms with Crippen LogP contribution >= 0.6 is 11.3 Å². The van der Waals surface area contributed by atoms with Crippen molar-refractivity contribution in [3.63, 3.8) is 0 Å². The van der Waals surface area contributed by atoms with Gasteiger partial charge in [0, 0.05) is 10.9 Å². The Morgan fingerprint density at radius 2 is 1.90 bits per heavy atom. The highest BCUT2D eigenvalue weighted by Crippen LogP contribution is 2.39. The third-order valence-electron chi connectivity index (χ3n) is 3.94. The van der Waals surface area contributed by atoms with Gasteiger partial charge >= 0.3 is 5.97 Å². The minimum atomic E-state index is -3.63. The average Bonchev–Trinajstić information content (AvgIpc) is 3.10. The lowest BCUT2D eigenvalue weighted by molar-refractivity contribution is -0.113. The van der Waals surface area contributed by atoms with Crippen LogP contribution in [-0.4, -0.2) is 52.6 Å². The fourth-order valence-corrected chi connectivity index (χ4v) is 4.60. The first kappa shape index (κ1) is 23.4. The number of hydrogen-bond acceptors (Lipinski definition) is 8. The zero-order valence-electron chi connectivity index (χ0n) is 16.9. The second-order valence-corrected chi connectivity index (χ2v) is 9.02. The van der Waals surface area contributed by atoms with E-state index in [2.05, 4.69) is 11.9 Å². The Hall–Kier alpha value is -2.85. The van der Waals surface area contributed by atoms with Gasteiger partial charge in [-0.1, -0.05) is 12.1 Å². The summed E-state index contributed by atoms with van der Waals surface area (Å²) in [5.41, 5.74) is 1.30. The number of carbonyl (C=O) groups is 2. The van der Waals surface area contributed by atoms with E-state index in [1.165, 1.54) is 20.3 Å². The van der Waals surface area contributed by atoms with E-state index in [9.17, 15) is 18.0 Å². The number of sulfone groups is 1. The van der Waals surface area contributed by atoms with E-state index in [1.807, 2.05) is 0 Å². The third-order valence-corrected chi connectivity index (χ3v) is 6.28. The fraction of sp³-hybridized carbons (Fsp3) is 0.300. The molecule has 8 nitrogen and oxygen atoms in total. The van der Waals surface area contributed by atoms with Crippen LogP contribution in [0.5, 0.6) is 11.5 Å². The van der Waals surface area contributed by atoms with Gasteiger partial charge in [-0.3, -0.25) is 4.79 Å². The molecular weight excluding hydrogens is 430 g/mol. The summed E-state index contributed by atoms with van der Waals surface area (Å²) in [6.45, 7) is 5.18. The van der Waals surface area contributed by atoms with Crippen LogP contribution in [-0.2, 0) is 19.4 Å². The Morgan fingerprint density at radius 3 is 2.50 bits per heavy atom. The SMILES string of the molecule is C=CCS(=O)(=O)CC(=O)Nc1scc(-c2ccc(OC)c(OC)c2)c1C(=O)OCC. The Labute approximate surface area is 179 Å². The minimum absolute atomic E-state index is 0.140. The molecule has 0 unspecified atom stereocenters. The molecule has 0 spiro atoms. The van der Waals surface area contributed by atoms with Crippen molar-refractivity contribution in [2.24, 2.45) is 0 Å². The molecule has 1 N–H and O–H groups in total. The highest BCUT2D eigenvalue weighted by molar-refractivity contribution is 7.92. The third kappa shape index (κ3) is 5.61. The molecule has 0 aliphatic heterocycles.